The highest BCUT2D eigenvalue weighted by atomic mass is 16.4. The van der Waals surface area contributed by atoms with Crippen LogP contribution >= 0.6 is 0 Å². The molecule has 0 bridgehead atoms. The topological polar surface area (TPSA) is 97.5 Å². The van der Waals surface area contributed by atoms with Gasteiger partial charge in [0, 0.05) is 13.6 Å². The lowest BCUT2D eigenvalue weighted by Crippen LogP contribution is -2.34. The van der Waals surface area contributed by atoms with Gasteiger partial charge in [-0.05, 0) is 17.7 Å². The number of aromatic carboxylic acids is 1. The van der Waals surface area contributed by atoms with Crippen LogP contribution in [0.25, 0.3) is 0 Å². The van der Waals surface area contributed by atoms with Gasteiger partial charge in [-0.15, -0.1) is 4.99 Å². The molecule has 0 saturated carbocycles. The van der Waals surface area contributed by atoms with E-state index in [2.05, 4.69) is 15.6 Å². The molecule has 0 aliphatic rings. The Labute approximate surface area is 98.6 Å². The van der Waals surface area contributed by atoms with Crippen molar-refractivity contribution in [2.24, 2.45) is 4.99 Å². The SMILES string of the molecule is CNC(=NC#N)NCc1cccc(C(=O)O)c1. The minimum absolute atomic E-state index is 0.229. The maximum atomic E-state index is 10.8. The Bertz CT molecular complexity index is 477. The van der Waals surface area contributed by atoms with Gasteiger partial charge in [-0.25, -0.2) is 4.79 Å². The molecule has 6 heteroatoms. The molecule has 3 N–H and O–H groups in total. The van der Waals surface area contributed by atoms with E-state index in [-0.39, 0.29) is 5.56 Å². The Balaban J connectivity index is 2.70. The van der Waals surface area contributed by atoms with Gasteiger partial charge >= 0.3 is 5.97 Å². The van der Waals surface area contributed by atoms with Gasteiger partial charge in [0.15, 0.2) is 0 Å². The Morgan fingerprint density at radius 1 is 1.59 bits per heavy atom. The Kier molecular flexibility index (Phi) is 4.51. The predicted molar refractivity (Wildman–Crippen MR) is 62.3 cm³/mol. The molecule has 1 aromatic rings. The Hall–Kier alpha value is -2.55. The molecule has 0 spiro atoms. The molecule has 0 fully saturated rings. The van der Waals surface area contributed by atoms with E-state index in [1.165, 1.54) is 6.07 Å². The van der Waals surface area contributed by atoms with Crippen LogP contribution in [0.2, 0.25) is 0 Å². The number of nitriles is 1. The average molecular weight is 232 g/mol. The number of rotatable bonds is 3. The molecule has 0 radical (unpaired) electrons. The second-order valence-electron chi connectivity index (χ2n) is 3.17. The number of hydrogen-bond acceptors (Lipinski definition) is 3. The Morgan fingerprint density at radius 3 is 2.94 bits per heavy atom. The highest BCUT2D eigenvalue weighted by Gasteiger charge is 2.03. The van der Waals surface area contributed by atoms with E-state index in [1.807, 2.05) is 0 Å². The largest absolute Gasteiger partial charge is 0.478 e. The molecule has 0 unspecified atom stereocenters. The van der Waals surface area contributed by atoms with Gasteiger partial charge < -0.3 is 15.7 Å². The maximum absolute atomic E-state index is 10.8. The molecule has 88 valence electrons. The molecule has 0 aliphatic heterocycles. The fraction of sp³-hybridized carbons (Fsp3) is 0.182. The highest BCUT2D eigenvalue weighted by molar-refractivity contribution is 5.87. The number of aliphatic imine (C=N–C) groups is 1. The molecule has 1 aromatic carbocycles. The molecular weight excluding hydrogens is 220 g/mol. The van der Waals surface area contributed by atoms with Gasteiger partial charge in [-0.1, -0.05) is 12.1 Å². The Morgan fingerprint density at radius 2 is 2.35 bits per heavy atom. The van der Waals surface area contributed by atoms with Crippen molar-refractivity contribution in [3.05, 3.63) is 35.4 Å². The fourth-order valence-corrected chi connectivity index (χ4v) is 1.23. The summed E-state index contributed by atoms with van der Waals surface area (Å²) in [6.07, 6.45) is 1.65. The van der Waals surface area contributed by atoms with Crippen LogP contribution in [0.1, 0.15) is 15.9 Å². The van der Waals surface area contributed by atoms with E-state index >= 15 is 0 Å². The number of nitrogens with zero attached hydrogens (tertiary/aromatic N) is 2. The zero-order chi connectivity index (χ0) is 12.7. The molecule has 0 aliphatic carbocycles. The van der Waals surface area contributed by atoms with Crippen LogP contribution in [0.3, 0.4) is 0 Å². The molecule has 0 saturated heterocycles. The summed E-state index contributed by atoms with van der Waals surface area (Å²) in [5.41, 5.74) is 1.03. The average Bonchev–Trinajstić information content (AvgIpc) is 2.34. The van der Waals surface area contributed by atoms with Crippen molar-refractivity contribution in [2.75, 3.05) is 7.05 Å². The van der Waals surface area contributed by atoms with E-state index < -0.39 is 5.97 Å². The number of hydrogen-bond donors (Lipinski definition) is 3. The smallest absolute Gasteiger partial charge is 0.335 e. The van der Waals surface area contributed by atoms with Crippen LogP contribution in [0.15, 0.2) is 29.3 Å². The number of carboxylic acids is 1. The van der Waals surface area contributed by atoms with E-state index in [9.17, 15) is 4.79 Å². The summed E-state index contributed by atoms with van der Waals surface area (Å²) >= 11 is 0. The summed E-state index contributed by atoms with van der Waals surface area (Å²) in [5.74, 6) is -0.625. The first-order chi connectivity index (χ1) is 8.17. The summed E-state index contributed by atoms with van der Waals surface area (Å²) in [5, 5.41) is 22.8. The van der Waals surface area contributed by atoms with E-state index in [0.29, 0.717) is 12.5 Å². The minimum Gasteiger partial charge on any atom is -0.478 e. The third-order valence-corrected chi connectivity index (χ3v) is 2.03. The molecule has 0 aromatic heterocycles. The van der Waals surface area contributed by atoms with Crippen LogP contribution < -0.4 is 10.6 Å². The van der Waals surface area contributed by atoms with E-state index in [0.717, 1.165) is 5.56 Å². The van der Waals surface area contributed by atoms with Gasteiger partial charge in [0.05, 0.1) is 5.56 Å². The molecular formula is C11H12N4O2. The van der Waals surface area contributed by atoms with Gasteiger partial charge in [-0.2, -0.15) is 5.26 Å². The summed E-state index contributed by atoms with van der Waals surface area (Å²) in [6.45, 7) is 0.391. The number of carbonyl (C=O) groups is 1. The first-order valence-electron chi connectivity index (χ1n) is 4.88. The molecule has 0 heterocycles. The zero-order valence-corrected chi connectivity index (χ0v) is 9.27. The molecule has 1 rings (SSSR count). The second-order valence-corrected chi connectivity index (χ2v) is 3.17. The van der Waals surface area contributed by atoms with Crippen LogP contribution in [0.5, 0.6) is 0 Å². The van der Waals surface area contributed by atoms with Crippen molar-refractivity contribution in [1.29, 1.82) is 5.26 Å². The van der Waals surface area contributed by atoms with Crippen LogP contribution in [-0.2, 0) is 6.54 Å². The summed E-state index contributed by atoms with van der Waals surface area (Å²) < 4.78 is 0. The quantitative estimate of drug-likeness (QED) is 0.401. The van der Waals surface area contributed by atoms with Gasteiger partial charge in [0.2, 0.25) is 12.2 Å². The van der Waals surface area contributed by atoms with Gasteiger partial charge in [0.25, 0.3) is 0 Å². The number of guanidine groups is 1. The van der Waals surface area contributed by atoms with Gasteiger partial charge in [0.1, 0.15) is 0 Å². The molecule has 0 atom stereocenters. The lowest BCUT2D eigenvalue weighted by molar-refractivity contribution is 0.0697. The summed E-state index contributed by atoms with van der Waals surface area (Å²) in [7, 11) is 1.64. The highest BCUT2D eigenvalue weighted by Crippen LogP contribution is 2.04. The molecule has 0 amide bonds. The van der Waals surface area contributed by atoms with Crippen molar-refractivity contribution in [3.63, 3.8) is 0 Å². The normalized spacial score (nSPS) is 10.5. The standard InChI is InChI=1S/C11H12N4O2/c1-13-11(15-7-12)14-6-8-3-2-4-9(5-8)10(16)17/h2-5H,6H2,1H3,(H,16,17)(H2,13,14,15). The van der Waals surface area contributed by atoms with Crippen LogP contribution in [-0.4, -0.2) is 24.1 Å². The van der Waals surface area contributed by atoms with Crippen LogP contribution in [0.4, 0.5) is 0 Å². The minimum atomic E-state index is -0.966. The monoisotopic (exact) mass is 232 g/mol. The van der Waals surface area contributed by atoms with E-state index in [4.69, 9.17) is 10.4 Å². The lowest BCUT2D eigenvalue weighted by Gasteiger charge is -2.07. The van der Waals surface area contributed by atoms with Crippen molar-refractivity contribution >= 4 is 11.9 Å². The molecule has 6 nitrogen and oxygen atoms in total. The third kappa shape index (κ3) is 3.83. The maximum Gasteiger partial charge on any atom is 0.335 e. The second kappa shape index (κ2) is 6.12. The predicted octanol–water partition coefficient (Wildman–Crippen LogP) is 0.531. The van der Waals surface area contributed by atoms with Crippen LogP contribution in [0, 0.1) is 11.5 Å². The first-order valence-corrected chi connectivity index (χ1v) is 4.88. The van der Waals surface area contributed by atoms with Gasteiger partial charge in [-0.3, -0.25) is 0 Å². The van der Waals surface area contributed by atoms with Crippen molar-refractivity contribution in [3.8, 4) is 6.19 Å². The molecule has 17 heavy (non-hydrogen) atoms. The summed E-state index contributed by atoms with van der Waals surface area (Å²) in [6, 6.07) is 6.54. The van der Waals surface area contributed by atoms with Crippen molar-refractivity contribution < 1.29 is 9.90 Å². The lowest BCUT2D eigenvalue weighted by atomic mass is 10.1. The summed E-state index contributed by atoms with van der Waals surface area (Å²) in [4.78, 5) is 14.2. The zero-order valence-electron chi connectivity index (χ0n) is 9.27. The van der Waals surface area contributed by atoms with E-state index in [1.54, 1.807) is 31.4 Å². The number of benzene rings is 1. The third-order valence-electron chi connectivity index (χ3n) is 2.03. The first kappa shape index (κ1) is 12.5. The fourth-order valence-electron chi connectivity index (χ4n) is 1.23. The van der Waals surface area contributed by atoms with Crippen molar-refractivity contribution in [1.82, 2.24) is 10.6 Å². The number of nitrogens with one attached hydrogen (secondary N) is 2. The van der Waals surface area contributed by atoms with Crippen molar-refractivity contribution in [2.45, 2.75) is 6.54 Å². The number of carboxylic acid groups (broad SMARTS) is 1.